The van der Waals surface area contributed by atoms with Gasteiger partial charge in [0.2, 0.25) is 0 Å². The molecule has 0 bridgehead atoms. The molecule has 2 rings (SSSR count). The van der Waals surface area contributed by atoms with E-state index in [9.17, 15) is 0 Å². The van der Waals surface area contributed by atoms with E-state index in [-0.39, 0.29) is 5.75 Å². The van der Waals surface area contributed by atoms with Crippen molar-refractivity contribution in [3.05, 3.63) is 18.2 Å². The smallest absolute Gasteiger partial charge is 0.376 e. The second kappa shape index (κ2) is 2.02. The maximum Gasteiger partial charge on any atom is 0.376 e. The highest BCUT2D eigenvalue weighted by molar-refractivity contribution is 5.47. The first-order valence-corrected chi connectivity index (χ1v) is 3.36. The molecule has 1 aromatic rings. The van der Waals surface area contributed by atoms with Crippen molar-refractivity contribution in [2.45, 2.75) is 6.03 Å². The van der Waals surface area contributed by atoms with Crippen molar-refractivity contribution in [1.29, 1.82) is 0 Å². The summed E-state index contributed by atoms with van der Waals surface area (Å²) in [4.78, 5) is 0. The lowest BCUT2D eigenvalue weighted by Crippen LogP contribution is -2.56. The van der Waals surface area contributed by atoms with Crippen LogP contribution in [0.15, 0.2) is 18.2 Å². The van der Waals surface area contributed by atoms with Gasteiger partial charge in [-0.05, 0) is 12.1 Å². The van der Waals surface area contributed by atoms with E-state index in [0.29, 0.717) is 11.5 Å². The van der Waals surface area contributed by atoms with E-state index >= 15 is 0 Å². The number of hydrogen-bond donors (Lipinski definition) is 3. The molecule has 5 nitrogen and oxygen atoms in total. The predicted octanol–water partition coefficient (Wildman–Crippen LogP) is -0.308. The number of aromatic hydroxyl groups is 1. The molecule has 5 heteroatoms. The van der Waals surface area contributed by atoms with Gasteiger partial charge >= 0.3 is 6.03 Å². The number of hydrogen-bond acceptors (Lipinski definition) is 5. The predicted molar refractivity (Wildman–Crippen MR) is 40.5 cm³/mol. The summed E-state index contributed by atoms with van der Waals surface area (Å²) in [5, 5.41) is 9.05. The van der Waals surface area contributed by atoms with Gasteiger partial charge in [0.25, 0.3) is 0 Å². The summed E-state index contributed by atoms with van der Waals surface area (Å²) >= 11 is 0. The standard InChI is InChI=1S/C7H8N2O3/c8-7(9)11-5-2-1-4(10)3-6(5)12-7/h1-3,10H,8-9H2. The third-order valence-electron chi connectivity index (χ3n) is 1.47. The zero-order valence-electron chi connectivity index (χ0n) is 6.15. The quantitative estimate of drug-likeness (QED) is 0.462. The Labute approximate surface area is 68.5 Å². The van der Waals surface area contributed by atoms with Crippen LogP contribution < -0.4 is 20.9 Å². The molecule has 0 radical (unpaired) electrons. The van der Waals surface area contributed by atoms with Gasteiger partial charge in [-0.25, -0.2) is 11.5 Å². The van der Waals surface area contributed by atoms with Gasteiger partial charge in [-0.1, -0.05) is 0 Å². The van der Waals surface area contributed by atoms with Gasteiger partial charge in [0, 0.05) is 6.07 Å². The minimum Gasteiger partial charge on any atom is -0.508 e. The molecule has 0 amide bonds. The first-order chi connectivity index (χ1) is 5.57. The molecular formula is C7H8N2O3. The van der Waals surface area contributed by atoms with Gasteiger partial charge in [-0.2, -0.15) is 0 Å². The zero-order chi connectivity index (χ0) is 8.77. The molecule has 0 spiro atoms. The summed E-state index contributed by atoms with van der Waals surface area (Å²) < 4.78 is 9.92. The van der Waals surface area contributed by atoms with E-state index in [1.54, 1.807) is 0 Å². The first kappa shape index (κ1) is 7.20. The monoisotopic (exact) mass is 168 g/mol. The maximum absolute atomic E-state index is 9.05. The van der Waals surface area contributed by atoms with Crippen LogP contribution in [0.2, 0.25) is 0 Å². The SMILES string of the molecule is NC1(N)Oc2ccc(O)cc2O1. The summed E-state index contributed by atoms with van der Waals surface area (Å²) in [6.07, 6.45) is 0. The molecule has 1 aliphatic heterocycles. The summed E-state index contributed by atoms with van der Waals surface area (Å²) in [5.41, 5.74) is 10.7. The van der Waals surface area contributed by atoms with E-state index in [0.717, 1.165) is 0 Å². The van der Waals surface area contributed by atoms with Crippen LogP contribution in [0.4, 0.5) is 0 Å². The number of fused-ring (bicyclic) bond motifs is 1. The van der Waals surface area contributed by atoms with Crippen LogP contribution in [-0.4, -0.2) is 11.1 Å². The van der Waals surface area contributed by atoms with Crippen LogP contribution >= 0.6 is 0 Å². The molecule has 0 saturated carbocycles. The van der Waals surface area contributed by atoms with Gasteiger partial charge in [0.15, 0.2) is 11.5 Å². The second-order valence-corrected chi connectivity index (χ2v) is 2.56. The van der Waals surface area contributed by atoms with E-state index in [2.05, 4.69) is 0 Å². The lowest BCUT2D eigenvalue weighted by atomic mass is 10.3. The van der Waals surface area contributed by atoms with Crippen LogP contribution in [-0.2, 0) is 0 Å². The highest BCUT2D eigenvalue weighted by Gasteiger charge is 2.33. The Kier molecular flexibility index (Phi) is 1.22. The Balaban J connectivity index is 2.43. The average molecular weight is 168 g/mol. The molecule has 0 unspecified atom stereocenters. The molecule has 1 aliphatic rings. The zero-order valence-corrected chi connectivity index (χ0v) is 6.15. The van der Waals surface area contributed by atoms with E-state index in [4.69, 9.17) is 26.0 Å². The van der Waals surface area contributed by atoms with Crippen LogP contribution in [0.3, 0.4) is 0 Å². The Morgan fingerprint density at radius 3 is 2.58 bits per heavy atom. The molecule has 1 aromatic carbocycles. The van der Waals surface area contributed by atoms with Gasteiger partial charge in [0.1, 0.15) is 5.75 Å². The summed E-state index contributed by atoms with van der Waals surface area (Å²) in [5.74, 6) is 0.854. The molecule has 5 N–H and O–H groups in total. The third-order valence-corrected chi connectivity index (χ3v) is 1.47. The van der Waals surface area contributed by atoms with Crippen molar-refractivity contribution >= 4 is 0 Å². The highest BCUT2D eigenvalue weighted by atomic mass is 16.8. The van der Waals surface area contributed by atoms with Crippen molar-refractivity contribution in [2.75, 3.05) is 0 Å². The molecule has 64 valence electrons. The molecule has 0 aromatic heterocycles. The Morgan fingerprint density at radius 2 is 1.83 bits per heavy atom. The lowest BCUT2D eigenvalue weighted by Gasteiger charge is -2.14. The summed E-state index contributed by atoms with van der Waals surface area (Å²) in [7, 11) is 0. The van der Waals surface area contributed by atoms with Crippen LogP contribution in [0, 0.1) is 0 Å². The number of phenolic OH excluding ortho intramolecular Hbond substituents is 1. The summed E-state index contributed by atoms with van der Waals surface area (Å²) in [6, 6.07) is 2.77. The lowest BCUT2D eigenvalue weighted by molar-refractivity contribution is -0.0671. The number of benzene rings is 1. The van der Waals surface area contributed by atoms with Crippen molar-refractivity contribution in [3.8, 4) is 17.2 Å². The fourth-order valence-electron chi connectivity index (χ4n) is 1.03. The van der Waals surface area contributed by atoms with Gasteiger partial charge in [0.05, 0.1) is 0 Å². The Bertz CT molecular complexity index is 324. The molecule has 12 heavy (non-hydrogen) atoms. The molecule has 1 heterocycles. The van der Waals surface area contributed by atoms with Crippen molar-refractivity contribution in [3.63, 3.8) is 0 Å². The normalized spacial score (nSPS) is 17.8. The van der Waals surface area contributed by atoms with Crippen LogP contribution in [0.5, 0.6) is 17.2 Å². The third kappa shape index (κ3) is 1.05. The van der Waals surface area contributed by atoms with Crippen LogP contribution in [0.25, 0.3) is 0 Å². The fraction of sp³-hybridized carbons (Fsp3) is 0.143. The van der Waals surface area contributed by atoms with Crippen molar-refractivity contribution in [1.82, 2.24) is 0 Å². The van der Waals surface area contributed by atoms with Gasteiger partial charge in [-0.15, -0.1) is 0 Å². The van der Waals surface area contributed by atoms with E-state index in [1.165, 1.54) is 18.2 Å². The van der Waals surface area contributed by atoms with E-state index in [1.807, 2.05) is 0 Å². The Morgan fingerprint density at radius 1 is 1.17 bits per heavy atom. The van der Waals surface area contributed by atoms with Crippen LogP contribution in [0.1, 0.15) is 0 Å². The largest absolute Gasteiger partial charge is 0.508 e. The average Bonchev–Trinajstić information content (AvgIpc) is 2.21. The number of nitrogens with two attached hydrogens (primary N) is 2. The van der Waals surface area contributed by atoms with Crippen molar-refractivity contribution < 1.29 is 14.6 Å². The number of phenols is 1. The molecular weight excluding hydrogens is 160 g/mol. The Hall–Kier alpha value is -1.46. The molecule has 0 atom stereocenters. The number of ether oxygens (including phenoxy) is 2. The van der Waals surface area contributed by atoms with Gasteiger partial charge in [-0.3, -0.25) is 0 Å². The minimum atomic E-state index is -1.61. The minimum absolute atomic E-state index is 0.0788. The topological polar surface area (TPSA) is 90.7 Å². The highest BCUT2D eigenvalue weighted by Crippen LogP contribution is 2.37. The fourth-order valence-corrected chi connectivity index (χ4v) is 1.03. The summed E-state index contributed by atoms with van der Waals surface area (Å²) in [6.45, 7) is 0. The van der Waals surface area contributed by atoms with Gasteiger partial charge < -0.3 is 14.6 Å². The van der Waals surface area contributed by atoms with Crippen molar-refractivity contribution in [2.24, 2.45) is 11.5 Å². The molecule has 0 saturated heterocycles. The van der Waals surface area contributed by atoms with E-state index < -0.39 is 6.03 Å². The number of rotatable bonds is 0. The maximum atomic E-state index is 9.05. The second-order valence-electron chi connectivity index (χ2n) is 2.56. The molecule has 0 aliphatic carbocycles. The first-order valence-electron chi connectivity index (χ1n) is 3.36. The molecule has 0 fully saturated rings.